The fraction of sp³-hybridized carbons (Fsp3) is 0.105. The number of amides is 2. The van der Waals surface area contributed by atoms with Crippen LogP contribution < -0.4 is 15.2 Å². The minimum absolute atomic E-state index is 0.0327. The third kappa shape index (κ3) is 3.39. The molecule has 2 amide bonds. The van der Waals surface area contributed by atoms with Gasteiger partial charge in [-0.15, -0.1) is 0 Å². The fourth-order valence-electron chi connectivity index (χ4n) is 2.46. The van der Waals surface area contributed by atoms with E-state index in [4.69, 9.17) is 21.6 Å². The number of hydrogen-bond acceptors (Lipinski definition) is 4. The van der Waals surface area contributed by atoms with Crippen LogP contribution in [-0.2, 0) is 9.59 Å². The monoisotopic (exact) mass is 367 g/mol. The lowest BCUT2D eigenvalue weighted by Gasteiger charge is -2.15. The molecule has 2 aromatic carbocycles. The average Bonchev–Trinajstić information content (AvgIpc) is 2.91. The topological polar surface area (TPSA) is 82.4 Å². The molecule has 130 valence electrons. The molecule has 0 bridgehead atoms. The van der Waals surface area contributed by atoms with Crippen LogP contribution in [0, 0.1) is 18.3 Å². The number of hydrogen-bond donors (Lipinski definition) is 1. The Kier molecular flexibility index (Phi) is 4.92. The summed E-state index contributed by atoms with van der Waals surface area (Å²) in [6.45, 7) is 1.72. The lowest BCUT2D eigenvalue weighted by molar-refractivity contribution is -0.117. The number of benzene rings is 2. The highest BCUT2D eigenvalue weighted by molar-refractivity contribution is 6.33. The summed E-state index contributed by atoms with van der Waals surface area (Å²) in [7, 11) is 0. The van der Waals surface area contributed by atoms with Crippen molar-refractivity contribution >= 4 is 35.2 Å². The molecule has 0 radical (unpaired) electrons. The van der Waals surface area contributed by atoms with E-state index < -0.39 is 11.8 Å². The molecule has 1 aliphatic rings. The summed E-state index contributed by atoms with van der Waals surface area (Å²) < 4.78 is 5.33. The van der Waals surface area contributed by atoms with E-state index >= 15 is 0 Å². The van der Waals surface area contributed by atoms with Crippen LogP contribution in [0.2, 0.25) is 5.02 Å². The van der Waals surface area contributed by atoms with Gasteiger partial charge in [-0.25, -0.2) is 5.01 Å². The molecule has 26 heavy (non-hydrogen) atoms. The van der Waals surface area contributed by atoms with Gasteiger partial charge in [0.2, 0.25) is 0 Å². The van der Waals surface area contributed by atoms with Gasteiger partial charge >= 0.3 is 0 Å². The summed E-state index contributed by atoms with van der Waals surface area (Å²) in [5.41, 5.74) is 4.36. The van der Waals surface area contributed by atoms with Crippen molar-refractivity contribution in [1.29, 1.82) is 5.26 Å². The van der Waals surface area contributed by atoms with Crippen molar-refractivity contribution in [2.45, 2.75) is 6.92 Å². The predicted molar refractivity (Wildman–Crippen MR) is 97.3 cm³/mol. The molecule has 1 N–H and O–H groups in total. The maximum absolute atomic E-state index is 12.7. The Morgan fingerprint density at radius 3 is 2.77 bits per heavy atom. The molecule has 0 saturated carbocycles. The van der Waals surface area contributed by atoms with Crippen LogP contribution in [0.4, 0.5) is 5.69 Å². The fourth-order valence-corrected chi connectivity index (χ4v) is 2.63. The highest BCUT2D eigenvalue weighted by atomic mass is 35.5. The number of carbonyl (C=O) groups is 2. The van der Waals surface area contributed by atoms with E-state index in [2.05, 4.69) is 5.43 Å². The molecule has 7 heteroatoms. The molecule has 1 heterocycles. The first-order chi connectivity index (χ1) is 12.5. The van der Waals surface area contributed by atoms with E-state index in [1.807, 2.05) is 13.0 Å². The number of aryl methyl sites for hydroxylation is 1. The minimum atomic E-state index is -0.526. The lowest BCUT2D eigenvalue weighted by atomic mass is 10.1. The van der Waals surface area contributed by atoms with Gasteiger partial charge in [-0.3, -0.25) is 15.0 Å². The molecule has 0 unspecified atom stereocenters. The van der Waals surface area contributed by atoms with E-state index in [-0.39, 0.29) is 12.2 Å². The molecule has 0 aromatic heterocycles. The number of nitrogens with zero attached hydrogens (tertiary/aromatic N) is 2. The summed E-state index contributed by atoms with van der Waals surface area (Å²) in [5, 5.41) is 10.3. The average molecular weight is 368 g/mol. The number of hydrazine groups is 1. The Morgan fingerprint density at radius 1 is 1.27 bits per heavy atom. The quantitative estimate of drug-likeness (QED) is 0.665. The van der Waals surface area contributed by atoms with Gasteiger partial charge in [-0.1, -0.05) is 35.9 Å². The minimum Gasteiger partial charge on any atom is -0.478 e. The van der Waals surface area contributed by atoms with Crippen molar-refractivity contribution in [3.63, 3.8) is 0 Å². The van der Waals surface area contributed by atoms with Gasteiger partial charge in [0.1, 0.15) is 17.4 Å². The van der Waals surface area contributed by atoms with Gasteiger partial charge in [-0.2, -0.15) is 5.26 Å². The van der Waals surface area contributed by atoms with Gasteiger partial charge < -0.3 is 4.74 Å². The number of nitrogens with one attached hydrogen (secondary N) is 1. The molecular formula is C19H14ClN3O3. The molecule has 2 aromatic rings. The third-order valence-corrected chi connectivity index (χ3v) is 4.22. The van der Waals surface area contributed by atoms with Gasteiger partial charge in [0.25, 0.3) is 11.8 Å². The first-order valence-electron chi connectivity index (χ1n) is 7.73. The molecule has 3 rings (SSSR count). The SMILES string of the molecule is Cc1ccc(N2NC(=O)/C(=C/c3ccccc3OCC#N)C2=O)cc1Cl. The Labute approximate surface area is 155 Å². The zero-order chi connectivity index (χ0) is 18.7. The molecule has 1 aliphatic heterocycles. The normalized spacial score (nSPS) is 15.1. The molecule has 6 nitrogen and oxygen atoms in total. The Morgan fingerprint density at radius 2 is 2.04 bits per heavy atom. The first kappa shape index (κ1) is 17.5. The number of para-hydroxylation sites is 1. The maximum Gasteiger partial charge on any atom is 0.282 e. The number of ether oxygens (including phenoxy) is 1. The van der Waals surface area contributed by atoms with Crippen molar-refractivity contribution < 1.29 is 14.3 Å². The maximum atomic E-state index is 12.7. The Bertz CT molecular complexity index is 963. The van der Waals surface area contributed by atoms with Crippen LogP contribution in [0.1, 0.15) is 11.1 Å². The summed E-state index contributed by atoms with van der Waals surface area (Å²) in [4.78, 5) is 25.0. The lowest BCUT2D eigenvalue weighted by Crippen LogP contribution is -2.35. The van der Waals surface area contributed by atoms with Crippen LogP contribution in [-0.4, -0.2) is 18.4 Å². The highest BCUT2D eigenvalue weighted by Crippen LogP contribution is 2.27. The van der Waals surface area contributed by atoms with Crippen LogP contribution in [0.25, 0.3) is 6.08 Å². The number of rotatable bonds is 4. The van der Waals surface area contributed by atoms with Crippen molar-refractivity contribution in [2.75, 3.05) is 11.6 Å². The van der Waals surface area contributed by atoms with Gasteiger partial charge in [0.05, 0.1) is 5.69 Å². The number of halogens is 1. The largest absolute Gasteiger partial charge is 0.478 e. The standard InChI is InChI=1S/C19H14ClN3O3/c1-12-6-7-14(11-16(12)20)23-19(25)15(18(24)22-23)10-13-4-2-3-5-17(13)26-9-8-21/h2-7,10-11H,9H2,1H3,(H,22,24)/b15-10-. The number of nitriles is 1. The summed E-state index contributed by atoms with van der Waals surface area (Å²) >= 11 is 6.10. The van der Waals surface area contributed by atoms with Gasteiger partial charge in [-0.05, 0) is 36.8 Å². The van der Waals surface area contributed by atoms with E-state index in [1.165, 1.54) is 6.08 Å². The molecule has 1 saturated heterocycles. The summed E-state index contributed by atoms with van der Waals surface area (Å²) in [6.07, 6.45) is 1.44. The number of carbonyl (C=O) groups excluding carboxylic acids is 2. The van der Waals surface area contributed by atoms with Crippen molar-refractivity contribution in [3.8, 4) is 11.8 Å². The molecule has 1 fully saturated rings. The van der Waals surface area contributed by atoms with Crippen molar-refractivity contribution in [3.05, 3.63) is 64.2 Å². The molecular weight excluding hydrogens is 354 g/mol. The Balaban J connectivity index is 1.93. The predicted octanol–water partition coefficient (Wildman–Crippen LogP) is 3.01. The van der Waals surface area contributed by atoms with Gasteiger partial charge in [0.15, 0.2) is 6.61 Å². The van der Waals surface area contributed by atoms with Crippen LogP contribution in [0.3, 0.4) is 0 Å². The van der Waals surface area contributed by atoms with E-state index in [0.717, 1.165) is 10.6 Å². The first-order valence-corrected chi connectivity index (χ1v) is 8.11. The van der Waals surface area contributed by atoms with E-state index in [9.17, 15) is 9.59 Å². The molecule has 0 spiro atoms. The van der Waals surface area contributed by atoms with Crippen molar-refractivity contribution in [1.82, 2.24) is 5.43 Å². The van der Waals surface area contributed by atoms with E-state index in [0.29, 0.717) is 22.0 Å². The third-order valence-electron chi connectivity index (χ3n) is 3.82. The molecule has 0 aliphatic carbocycles. The van der Waals surface area contributed by atoms with Crippen LogP contribution >= 0.6 is 11.6 Å². The summed E-state index contributed by atoms with van der Waals surface area (Å²) in [6, 6.07) is 13.8. The zero-order valence-corrected chi connectivity index (χ0v) is 14.6. The van der Waals surface area contributed by atoms with Crippen LogP contribution in [0.15, 0.2) is 48.0 Å². The zero-order valence-electron chi connectivity index (χ0n) is 13.8. The second-order valence-corrected chi connectivity index (χ2v) is 5.96. The smallest absolute Gasteiger partial charge is 0.282 e. The number of anilines is 1. The van der Waals surface area contributed by atoms with Crippen LogP contribution in [0.5, 0.6) is 5.75 Å². The summed E-state index contributed by atoms with van der Waals surface area (Å²) in [5.74, 6) is -0.606. The Hall–Kier alpha value is -3.30. The second-order valence-electron chi connectivity index (χ2n) is 5.56. The van der Waals surface area contributed by atoms with E-state index in [1.54, 1.807) is 42.5 Å². The van der Waals surface area contributed by atoms with Gasteiger partial charge in [0, 0.05) is 10.6 Å². The van der Waals surface area contributed by atoms with Crippen molar-refractivity contribution in [2.24, 2.45) is 0 Å². The second kappa shape index (κ2) is 7.30. The molecule has 0 atom stereocenters. The highest BCUT2D eigenvalue weighted by Gasteiger charge is 2.34.